The first-order valence-electron chi connectivity index (χ1n) is 9.90. The first kappa shape index (κ1) is 22.6. The van der Waals surface area contributed by atoms with Crippen molar-refractivity contribution in [2.45, 2.75) is 37.7 Å². The molecule has 9 heteroatoms. The SMILES string of the molecule is CC(C)(C)OC(=O)N1CCC(C(=O)N2CC(C=CS(=O)(=O)c3ccc(Cl)cc3)C2)C1. The van der Waals surface area contributed by atoms with Crippen molar-refractivity contribution < 1.29 is 22.7 Å². The van der Waals surface area contributed by atoms with Crippen LogP contribution < -0.4 is 0 Å². The molecule has 7 nitrogen and oxygen atoms in total. The largest absolute Gasteiger partial charge is 0.444 e. The molecule has 0 aliphatic carbocycles. The Morgan fingerprint density at radius 1 is 1.10 bits per heavy atom. The molecule has 3 rings (SSSR count). The second kappa shape index (κ2) is 8.59. The minimum absolute atomic E-state index is 0.000567. The van der Waals surface area contributed by atoms with Gasteiger partial charge in [0.15, 0.2) is 9.84 Å². The fourth-order valence-electron chi connectivity index (χ4n) is 3.44. The van der Waals surface area contributed by atoms with Crippen molar-refractivity contribution in [1.82, 2.24) is 9.80 Å². The number of hydrogen-bond acceptors (Lipinski definition) is 5. The predicted octanol–water partition coefficient (Wildman–Crippen LogP) is 3.34. The lowest BCUT2D eigenvalue weighted by Gasteiger charge is -2.39. The lowest BCUT2D eigenvalue weighted by molar-refractivity contribution is -0.140. The van der Waals surface area contributed by atoms with Crippen molar-refractivity contribution in [3.05, 3.63) is 40.8 Å². The summed E-state index contributed by atoms with van der Waals surface area (Å²) in [5, 5.41) is 1.67. The van der Waals surface area contributed by atoms with E-state index in [0.29, 0.717) is 37.6 Å². The molecule has 1 aromatic rings. The lowest BCUT2D eigenvalue weighted by atomic mass is 9.97. The van der Waals surface area contributed by atoms with Crippen molar-refractivity contribution in [3.8, 4) is 0 Å². The van der Waals surface area contributed by atoms with Crippen molar-refractivity contribution in [1.29, 1.82) is 0 Å². The van der Waals surface area contributed by atoms with Gasteiger partial charge in [0, 0.05) is 42.5 Å². The van der Waals surface area contributed by atoms with Crippen LogP contribution in [0.25, 0.3) is 0 Å². The molecule has 0 saturated carbocycles. The Labute approximate surface area is 182 Å². The predicted molar refractivity (Wildman–Crippen MR) is 114 cm³/mol. The minimum Gasteiger partial charge on any atom is -0.444 e. The number of benzene rings is 1. The van der Waals surface area contributed by atoms with Crippen molar-refractivity contribution in [2.75, 3.05) is 26.2 Å². The molecule has 2 aliphatic heterocycles. The number of hydrogen-bond donors (Lipinski definition) is 0. The van der Waals surface area contributed by atoms with Crippen molar-refractivity contribution in [3.63, 3.8) is 0 Å². The monoisotopic (exact) mass is 454 g/mol. The molecule has 2 heterocycles. The number of amides is 2. The van der Waals surface area contributed by atoms with Crippen molar-refractivity contribution >= 4 is 33.4 Å². The van der Waals surface area contributed by atoms with Crippen LogP contribution in [0.5, 0.6) is 0 Å². The van der Waals surface area contributed by atoms with Gasteiger partial charge >= 0.3 is 6.09 Å². The summed E-state index contributed by atoms with van der Waals surface area (Å²) in [6.45, 7) is 7.25. The van der Waals surface area contributed by atoms with E-state index in [1.54, 1.807) is 15.9 Å². The number of carbonyl (C=O) groups is 2. The van der Waals surface area contributed by atoms with Crippen LogP contribution in [0.3, 0.4) is 0 Å². The average Bonchev–Trinajstić information content (AvgIpc) is 3.09. The molecule has 30 heavy (non-hydrogen) atoms. The highest BCUT2D eigenvalue weighted by Crippen LogP contribution is 2.26. The lowest BCUT2D eigenvalue weighted by Crippen LogP contribution is -2.51. The normalized spacial score (nSPS) is 20.5. The molecular formula is C21H27ClN2O5S. The summed E-state index contributed by atoms with van der Waals surface area (Å²) >= 11 is 5.80. The molecule has 0 aromatic heterocycles. The highest BCUT2D eigenvalue weighted by molar-refractivity contribution is 7.94. The first-order chi connectivity index (χ1) is 13.9. The summed E-state index contributed by atoms with van der Waals surface area (Å²) in [5.41, 5.74) is -0.567. The van der Waals surface area contributed by atoms with E-state index < -0.39 is 21.5 Å². The highest BCUT2D eigenvalue weighted by atomic mass is 35.5. The van der Waals surface area contributed by atoms with E-state index in [2.05, 4.69) is 0 Å². The third-order valence-corrected chi connectivity index (χ3v) is 6.78. The van der Waals surface area contributed by atoms with Gasteiger partial charge in [-0.25, -0.2) is 13.2 Å². The molecule has 1 unspecified atom stereocenters. The van der Waals surface area contributed by atoms with Crippen LogP contribution in [0.1, 0.15) is 27.2 Å². The Kier molecular flexibility index (Phi) is 6.48. The van der Waals surface area contributed by atoms with E-state index in [0.717, 1.165) is 0 Å². The number of sulfone groups is 1. The molecule has 164 valence electrons. The summed E-state index contributed by atoms with van der Waals surface area (Å²) in [7, 11) is -3.53. The van der Waals surface area contributed by atoms with Crippen molar-refractivity contribution in [2.24, 2.45) is 11.8 Å². The zero-order valence-electron chi connectivity index (χ0n) is 17.4. The van der Waals surface area contributed by atoms with Gasteiger partial charge in [-0.2, -0.15) is 0 Å². The smallest absolute Gasteiger partial charge is 0.410 e. The molecule has 2 aliphatic rings. The molecule has 1 atom stereocenters. The molecule has 1 aromatic carbocycles. The maximum absolute atomic E-state index is 12.7. The van der Waals surface area contributed by atoms with E-state index in [-0.39, 0.29) is 22.6 Å². The zero-order valence-corrected chi connectivity index (χ0v) is 18.9. The highest BCUT2D eigenvalue weighted by Gasteiger charge is 2.38. The average molecular weight is 455 g/mol. The number of nitrogens with zero attached hydrogens (tertiary/aromatic N) is 2. The number of carbonyl (C=O) groups excluding carboxylic acids is 2. The van der Waals surface area contributed by atoms with Gasteiger partial charge in [-0.1, -0.05) is 17.7 Å². The Balaban J connectivity index is 1.48. The van der Waals surface area contributed by atoms with E-state index in [1.165, 1.54) is 29.7 Å². The zero-order chi connectivity index (χ0) is 22.1. The topological polar surface area (TPSA) is 84.0 Å². The Morgan fingerprint density at radius 2 is 1.73 bits per heavy atom. The van der Waals surface area contributed by atoms with Gasteiger partial charge < -0.3 is 14.5 Å². The molecule has 2 amide bonds. The fraction of sp³-hybridized carbons (Fsp3) is 0.524. The van der Waals surface area contributed by atoms with Gasteiger partial charge in [0.1, 0.15) is 5.60 Å². The van der Waals surface area contributed by atoms with E-state index in [9.17, 15) is 18.0 Å². The summed E-state index contributed by atoms with van der Waals surface area (Å²) < 4.78 is 30.1. The maximum Gasteiger partial charge on any atom is 0.410 e. The third-order valence-electron chi connectivity index (χ3n) is 5.08. The van der Waals surface area contributed by atoms with Crippen LogP contribution in [-0.4, -0.2) is 62.0 Å². The quantitative estimate of drug-likeness (QED) is 0.696. The second-order valence-corrected chi connectivity index (χ2v) is 11.0. The van der Waals surface area contributed by atoms with Crippen LogP contribution in [0.15, 0.2) is 40.6 Å². The Morgan fingerprint density at radius 3 is 2.33 bits per heavy atom. The fourth-order valence-corrected chi connectivity index (χ4v) is 4.67. The van der Waals surface area contributed by atoms with E-state index >= 15 is 0 Å². The van der Waals surface area contributed by atoms with Crippen LogP contribution in [0.4, 0.5) is 4.79 Å². The molecule has 0 bridgehead atoms. The summed E-state index contributed by atoms with van der Waals surface area (Å²) in [5.74, 6) is -0.231. The third kappa shape index (κ3) is 5.55. The van der Waals surface area contributed by atoms with E-state index in [4.69, 9.17) is 16.3 Å². The Bertz CT molecular complexity index is 931. The molecule has 2 saturated heterocycles. The van der Waals surface area contributed by atoms with Gasteiger partial charge in [-0.3, -0.25) is 4.79 Å². The molecular weight excluding hydrogens is 428 g/mol. The maximum atomic E-state index is 12.7. The van der Waals surface area contributed by atoms with Gasteiger partial charge in [0.25, 0.3) is 0 Å². The molecule has 0 N–H and O–H groups in total. The number of likely N-dealkylation sites (tertiary alicyclic amines) is 2. The first-order valence-corrected chi connectivity index (χ1v) is 11.8. The number of halogens is 1. The van der Waals surface area contributed by atoms with Gasteiger partial charge in [-0.15, -0.1) is 0 Å². The van der Waals surface area contributed by atoms with Crippen LogP contribution >= 0.6 is 11.6 Å². The second-order valence-electron chi connectivity index (χ2n) is 8.74. The summed E-state index contributed by atoms with van der Waals surface area (Å²) in [6, 6.07) is 6.01. The molecule has 0 spiro atoms. The standard InChI is InChI=1S/C21H27ClN2O5S/c1-21(2,3)29-20(26)23-10-8-16(14-23)19(25)24-12-15(13-24)9-11-30(27,28)18-6-4-17(22)5-7-18/h4-7,9,11,15-16H,8,10,12-14H2,1-3H3. The molecule has 0 radical (unpaired) electrons. The molecule has 2 fully saturated rings. The van der Waals surface area contributed by atoms with Gasteiger partial charge in [0.05, 0.1) is 10.8 Å². The van der Waals surface area contributed by atoms with Crippen LogP contribution in [0.2, 0.25) is 5.02 Å². The van der Waals surface area contributed by atoms with Crippen LogP contribution in [0, 0.1) is 11.8 Å². The number of rotatable bonds is 4. The Hall–Kier alpha value is -2.06. The van der Waals surface area contributed by atoms with Gasteiger partial charge in [0.2, 0.25) is 5.91 Å². The summed E-state index contributed by atoms with van der Waals surface area (Å²) in [6.07, 6.45) is 1.85. The van der Waals surface area contributed by atoms with Gasteiger partial charge in [-0.05, 0) is 51.5 Å². The minimum atomic E-state index is -3.53. The number of ether oxygens (including phenoxy) is 1. The van der Waals surface area contributed by atoms with E-state index in [1.807, 2.05) is 20.8 Å². The summed E-state index contributed by atoms with van der Waals surface area (Å²) in [4.78, 5) is 28.3. The van der Waals surface area contributed by atoms with Crippen LogP contribution in [-0.2, 0) is 19.4 Å².